The van der Waals surface area contributed by atoms with Crippen molar-refractivity contribution in [2.75, 3.05) is 0 Å². The fraction of sp³-hybridized carbons (Fsp3) is 0.133. The zero-order chi connectivity index (χ0) is 12.6. The van der Waals surface area contributed by atoms with Gasteiger partial charge >= 0.3 is 0 Å². The molecule has 1 aromatic heterocycles. The lowest BCUT2D eigenvalue weighted by atomic mass is 9.94. The van der Waals surface area contributed by atoms with Gasteiger partial charge in [-0.15, -0.1) is 11.3 Å². The van der Waals surface area contributed by atoms with Crippen LogP contribution in [0.15, 0.2) is 54.6 Å². The maximum absolute atomic E-state index is 6.47. The molecule has 0 radical (unpaired) electrons. The summed E-state index contributed by atoms with van der Waals surface area (Å²) in [5, 5.41) is 0.954. The van der Waals surface area contributed by atoms with Crippen molar-refractivity contribution >= 4 is 21.6 Å². The molecule has 1 atom stereocenters. The number of hydrogen-bond donors (Lipinski definition) is 1. The fourth-order valence-electron chi connectivity index (χ4n) is 2.00. The van der Waals surface area contributed by atoms with Gasteiger partial charge in [0.15, 0.2) is 0 Å². The van der Waals surface area contributed by atoms with Gasteiger partial charge in [0, 0.05) is 0 Å². The molecule has 0 saturated heterocycles. The van der Waals surface area contributed by atoms with Gasteiger partial charge in [0.25, 0.3) is 0 Å². The number of rotatable bonds is 2. The fourth-order valence-corrected chi connectivity index (χ4v) is 3.05. The Morgan fingerprint density at radius 3 is 2.39 bits per heavy atom. The van der Waals surface area contributed by atoms with Crippen molar-refractivity contribution in [2.45, 2.75) is 12.5 Å². The van der Waals surface area contributed by atoms with Crippen molar-refractivity contribution in [2.24, 2.45) is 5.73 Å². The van der Waals surface area contributed by atoms with Crippen LogP contribution in [0, 0.1) is 0 Å². The average Bonchev–Trinajstić information content (AvgIpc) is 2.84. The summed E-state index contributed by atoms with van der Waals surface area (Å²) < 4.78 is 1.18. The number of nitrogens with two attached hydrogens (primary N) is 1. The lowest BCUT2D eigenvalue weighted by molar-refractivity contribution is 0.600. The molecule has 0 spiro atoms. The van der Waals surface area contributed by atoms with Crippen LogP contribution in [0.2, 0.25) is 0 Å². The van der Waals surface area contributed by atoms with Crippen LogP contribution in [-0.2, 0) is 5.54 Å². The standard InChI is InChI=1S/C15H14N2S/c1-15(16,11-7-3-2-4-8-11)14-17-12-9-5-6-10-13(12)18-14/h2-10H,16H2,1H3. The molecule has 2 N–H and O–H groups in total. The van der Waals surface area contributed by atoms with Crippen molar-refractivity contribution in [3.05, 3.63) is 65.2 Å². The zero-order valence-corrected chi connectivity index (χ0v) is 10.9. The monoisotopic (exact) mass is 254 g/mol. The van der Waals surface area contributed by atoms with Gasteiger partial charge < -0.3 is 5.73 Å². The summed E-state index contributed by atoms with van der Waals surface area (Å²) in [6.07, 6.45) is 0. The molecule has 1 heterocycles. The van der Waals surface area contributed by atoms with E-state index >= 15 is 0 Å². The van der Waals surface area contributed by atoms with Gasteiger partial charge in [0.05, 0.1) is 15.8 Å². The van der Waals surface area contributed by atoms with Crippen LogP contribution >= 0.6 is 11.3 Å². The first-order valence-electron chi connectivity index (χ1n) is 5.88. The van der Waals surface area contributed by atoms with Crippen LogP contribution in [0.3, 0.4) is 0 Å². The molecule has 3 rings (SSSR count). The summed E-state index contributed by atoms with van der Waals surface area (Å²) >= 11 is 1.66. The number of benzene rings is 2. The number of para-hydroxylation sites is 1. The Hall–Kier alpha value is -1.71. The van der Waals surface area contributed by atoms with Crippen molar-refractivity contribution in [3.63, 3.8) is 0 Å². The van der Waals surface area contributed by atoms with E-state index in [2.05, 4.69) is 11.1 Å². The van der Waals surface area contributed by atoms with Crippen molar-refractivity contribution in [1.29, 1.82) is 0 Å². The van der Waals surface area contributed by atoms with Crippen molar-refractivity contribution in [3.8, 4) is 0 Å². The molecule has 0 aliphatic heterocycles. The third-order valence-corrected chi connectivity index (χ3v) is 4.39. The largest absolute Gasteiger partial charge is 0.316 e. The van der Waals surface area contributed by atoms with E-state index in [1.54, 1.807) is 11.3 Å². The molecule has 0 fully saturated rings. The number of fused-ring (bicyclic) bond motifs is 1. The lowest BCUT2D eigenvalue weighted by Gasteiger charge is -2.22. The van der Waals surface area contributed by atoms with E-state index in [1.807, 2.05) is 55.5 Å². The van der Waals surface area contributed by atoms with Gasteiger partial charge in [-0.2, -0.15) is 0 Å². The Bertz CT molecular complexity index is 638. The molecule has 3 heteroatoms. The van der Waals surface area contributed by atoms with E-state index in [0.29, 0.717) is 0 Å². The molecule has 1 unspecified atom stereocenters. The first-order valence-corrected chi connectivity index (χ1v) is 6.70. The number of nitrogens with zero attached hydrogens (tertiary/aromatic N) is 1. The predicted molar refractivity (Wildman–Crippen MR) is 76.7 cm³/mol. The smallest absolute Gasteiger partial charge is 0.118 e. The Morgan fingerprint density at radius 1 is 1.00 bits per heavy atom. The van der Waals surface area contributed by atoms with Crippen LogP contribution < -0.4 is 5.73 Å². The molecule has 3 aromatic rings. The molecular weight excluding hydrogens is 240 g/mol. The summed E-state index contributed by atoms with van der Waals surface area (Å²) in [5.41, 5.74) is 8.04. The number of aromatic nitrogens is 1. The van der Waals surface area contributed by atoms with Crippen LogP contribution in [0.1, 0.15) is 17.5 Å². The zero-order valence-electron chi connectivity index (χ0n) is 10.1. The van der Waals surface area contributed by atoms with Gasteiger partial charge in [-0.05, 0) is 24.6 Å². The van der Waals surface area contributed by atoms with E-state index in [-0.39, 0.29) is 0 Å². The molecule has 0 bridgehead atoms. The summed E-state index contributed by atoms with van der Waals surface area (Å²) in [6.45, 7) is 2.01. The van der Waals surface area contributed by atoms with Crippen LogP contribution in [0.5, 0.6) is 0 Å². The van der Waals surface area contributed by atoms with Crippen LogP contribution in [0.25, 0.3) is 10.2 Å². The normalized spacial score (nSPS) is 14.6. The molecular formula is C15H14N2S. The second kappa shape index (κ2) is 4.19. The van der Waals surface area contributed by atoms with E-state index in [9.17, 15) is 0 Å². The average molecular weight is 254 g/mol. The highest BCUT2D eigenvalue weighted by molar-refractivity contribution is 7.18. The Kier molecular flexibility index (Phi) is 2.65. The summed E-state index contributed by atoms with van der Waals surface area (Å²) in [7, 11) is 0. The van der Waals surface area contributed by atoms with Gasteiger partial charge in [-0.25, -0.2) is 4.98 Å². The Balaban J connectivity index is 2.13. The van der Waals surface area contributed by atoms with E-state index < -0.39 is 5.54 Å². The molecule has 0 amide bonds. The maximum Gasteiger partial charge on any atom is 0.118 e. The predicted octanol–water partition coefficient (Wildman–Crippen LogP) is 3.52. The van der Waals surface area contributed by atoms with E-state index in [4.69, 9.17) is 5.73 Å². The highest BCUT2D eigenvalue weighted by atomic mass is 32.1. The topological polar surface area (TPSA) is 38.9 Å². The molecule has 0 saturated carbocycles. The third kappa shape index (κ3) is 1.82. The molecule has 2 aromatic carbocycles. The lowest BCUT2D eigenvalue weighted by Crippen LogP contribution is -2.34. The molecule has 90 valence electrons. The molecule has 18 heavy (non-hydrogen) atoms. The maximum atomic E-state index is 6.47. The summed E-state index contributed by atoms with van der Waals surface area (Å²) in [6, 6.07) is 18.2. The van der Waals surface area contributed by atoms with Crippen molar-refractivity contribution in [1.82, 2.24) is 4.98 Å². The Morgan fingerprint density at radius 2 is 1.67 bits per heavy atom. The summed E-state index contributed by atoms with van der Waals surface area (Å²) in [4.78, 5) is 4.65. The van der Waals surface area contributed by atoms with Gasteiger partial charge in [-0.3, -0.25) is 0 Å². The van der Waals surface area contributed by atoms with Crippen LogP contribution in [-0.4, -0.2) is 4.98 Å². The highest BCUT2D eigenvalue weighted by Crippen LogP contribution is 2.32. The van der Waals surface area contributed by atoms with Gasteiger partial charge in [-0.1, -0.05) is 42.5 Å². The first kappa shape index (κ1) is 11.4. The minimum atomic E-state index is -0.537. The second-order valence-corrected chi connectivity index (χ2v) is 5.59. The first-order chi connectivity index (χ1) is 8.68. The molecule has 2 nitrogen and oxygen atoms in total. The minimum Gasteiger partial charge on any atom is -0.316 e. The second-order valence-electron chi connectivity index (χ2n) is 4.56. The van der Waals surface area contributed by atoms with Gasteiger partial charge in [0.1, 0.15) is 5.01 Å². The Labute approximate surface area is 110 Å². The van der Waals surface area contributed by atoms with Crippen molar-refractivity contribution < 1.29 is 0 Å². The number of hydrogen-bond acceptors (Lipinski definition) is 3. The molecule has 0 aliphatic carbocycles. The highest BCUT2D eigenvalue weighted by Gasteiger charge is 2.27. The number of thiazole rings is 1. The third-order valence-electron chi connectivity index (χ3n) is 3.11. The van der Waals surface area contributed by atoms with Gasteiger partial charge in [0.2, 0.25) is 0 Å². The minimum absolute atomic E-state index is 0.537. The van der Waals surface area contributed by atoms with E-state index in [0.717, 1.165) is 16.1 Å². The summed E-state index contributed by atoms with van der Waals surface area (Å²) in [5.74, 6) is 0. The van der Waals surface area contributed by atoms with Crippen LogP contribution in [0.4, 0.5) is 0 Å². The SMILES string of the molecule is CC(N)(c1ccccc1)c1nc2ccccc2s1. The van der Waals surface area contributed by atoms with E-state index in [1.165, 1.54) is 4.70 Å². The molecule has 0 aliphatic rings. The quantitative estimate of drug-likeness (QED) is 0.760.